The molecular weight excluding hydrogens is 517 g/mol. The van der Waals surface area contributed by atoms with Gasteiger partial charge in [-0.05, 0) is 50.3 Å². The van der Waals surface area contributed by atoms with Crippen molar-refractivity contribution >= 4 is 12.4 Å². The molecule has 0 saturated heterocycles. The predicted octanol–water partition coefficient (Wildman–Crippen LogP) is 3.16. The van der Waals surface area contributed by atoms with E-state index in [1.165, 1.54) is 0 Å². The second-order valence-electron chi connectivity index (χ2n) is 5.86. The van der Waals surface area contributed by atoms with Gasteiger partial charge >= 0.3 is 0 Å². The van der Waals surface area contributed by atoms with Crippen LogP contribution >= 0.6 is 12.4 Å². The van der Waals surface area contributed by atoms with Gasteiger partial charge in [0, 0.05) is 38.7 Å². The van der Waals surface area contributed by atoms with Crippen molar-refractivity contribution in [3.63, 3.8) is 0 Å². The Labute approximate surface area is 168 Å². The SMILES string of the molecule is CC(C)(C)n1nnc(-c2ccc(OC/C(=C/F)CN)cc2)n1.Cl.[CH3-].[W]. The van der Waals surface area contributed by atoms with Crippen LogP contribution in [0.4, 0.5) is 4.39 Å². The summed E-state index contributed by atoms with van der Waals surface area (Å²) in [7, 11) is 0. The molecule has 2 rings (SSSR count). The van der Waals surface area contributed by atoms with Crippen LogP contribution < -0.4 is 10.5 Å². The zero-order valence-electron chi connectivity index (χ0n) is 14.8. The number of ether oxygens (including phenoxy) is 1. The van der Waals surface area contributed by atoms with Crippen molar-refractivity contribution in [3.05, 3.63) is 43.6 Å². The van der Waals surface area contributed by atoms with Crippen LogP contribution in [0, 0.1) is 7.43 Å². The largest absolute Gasteiger partial charge is 0.489 e. The molecule has 1 aromatic heterocycles. The Kier molecular flexibility index (Phi) is 11.8. The zero-order valence-corrected chi connectivity index (χ0v) is 18.5. The Morgan fingerprint density at radius 1 is 1.28 bits per heavy atom. The molecule has 0 aliphatic heterocycles. The third-order valence-electron chi connectivity index (χ3n) is 2.97. The summed E-state index contributed by atoms with van der Waals surface area (Å²) >= 11 is 0. The van der Waals surface area contributed by atoms with Crippen LogP contribution in [-0.4, -0.2) is 33.4 Å². The van der Waals surface area contributed by atoms with Gasteiger partial charge in [0.25, 0.3) is 0 Å². The first-order valence-electron chi connectivity index (χ1n) is 6.96. The maximum Gasteiger partial charge on any atom is 0.204 e. The second-order valence-corrected chi connectivity index (χ2v) is 5.86. The number of rotatable bonds is 5. The van der Waals surface area contributed by atoms with E-state index in [4.69, 9.17) is 10.5 Å². The summed E-state index contributed by atoms with van der Waals surface area (Å²) in [6, 6.07) is 7.22. The molecule has 0 fully saturated rings. The number of nitrogens with two attached hydrogens (primary N) is 1. The minimum atomic E-state index is -0.217. The fourth-order valence-electron chi connectivity index (χ4n) is 1.63. The Morgan fingerprint density at radius 2 is 1.88 bits per heavy atom. The molecule has 0 radical (unpaired) electrons. The molecule has 1 heterocycles. The molecule has 1 aromatic carbocycles. The van der Waals surface area contributed by atoms with E-state index in [0.717, 1.165) is 5.56 Å². The molecule has 2 N–H and O–H groups in total. The van der Waals surface area contributed by atoms with E-state index < -0.39 is 0 Å². The molecule has 6 nitrogen and oxygen atoms in total. The van der Waals surface area contributed by atoms with Crippen LogP contribution in [-0.2, 0) is 26.6 Å². The Bertz CT molecular complexity index is 655. The molecule has 9 heteroatoms. The summed E-state index contributed by atoms with van der Waals surface area (Å²) in [5.41, 5.74) is 6.39. The molecule has 0 spiro atoms. The van der Waals surface area contributed by atoms with E-state index in [9.17, 15) is 4.39 Å². The van der Waals surface area contributed by atoms with Crippen molar-refractivity contribution in [1.82, 2.24) is 20.2 Å². The maximum absolute atomic E-state index is 12.4. The van der Waals surface area contributed by atoms with Crippen molar-refractivity contribution in [2.45, 2.75) is 26.3 Å². The van der Waals surface area contributed by atoms with Gasteiger partial charge in [-0.3, -0.25) is 0 Å². The molecule has 0 aliphatic rings. The Hall–Kier alpha value is -1.30. The van der Waals surface area contributed by atoms with Crippen LogP contribution in [0.15, 0.2) is 36.2 Å². The molecule has 0 amide bonds. The second kappa shape index (κ2) is 11.3. The van der Waals surface area contributed by atoms with Gasteiger partial charge in [0.05, 0.1) is 11.9 Å². The molecule has 0 atom stereocenters. The van der Waals surface area contributed by atoms with E-state index in [-0.39, 0.29) is 59.6 Å². The maximum atomic E-state index is 12.4. The van der Waals surface area contributed by atoms with E-state index >= 15 is 0 Å². The Morgan fingerprint density at radius 3 is 2.32 bits per heavy atom. The fourth-order valence-corrected chi connectivity index (χ4v) is 1.63. The third kappa shape index (κ3) is 7.22. The molecular formula is C16H24ClFN5OW-. The van der Waals surface area contributed by atoms with Gasteiger partial charge in [-0.2, -0.15) is 4.80 Å². The minimum Gasteiger partial charge on any atom is -0.489 e. The smallest absolute Gasteiger partial charge is 0.204 e. The summed E-state index contributed by atoms with van der Waals surface area (Å²) in [4.78, 5) is 1.58. The normalized spacial score (nSPS) is 11.0. The molecule has 0 aliphatic carbocycles. The van der Waals surface area contributed by atoms with Crippen LogP contribution in [0.5, 0.6) is 5.75 Å². The number of tetrazole rings is 1. The van der Waals surface area contributed by atoms with Gasteiger partial charge in [-0.25, -0.2) is 4.39 Å². The van der Waals surface area contributed by atoms with Gasteiger partial charge in [0.2, 0.25) is 5.82 Å². The average Bonchev–Trinajstić information content (AvgIpc) is 2.99. The van der Waals surface area contributed by atoms with Gasteiger partial charge in [0.1, 0.15) is 12.4 Å². The van der Waals surface area contributed by atoms with Crippen molar-refractivity contribution in [1.29, 1.82) is 0 Å². The van der Waals surface area contributed by atoms with Gasteiger partial charge in [-0.15, -0.1) is 22.6 Å². The van der Waals surface area contributed by atoms with Crippen molar-refractivity contribution in [2.75, 3.05) is 13.2 Å². The number of aromatic nitrogens is 4. The topological polar surface area (TPSA) is 78.8 Å². The van der Waals surface area contributed by atoms with Gasteiger partial charge < -0.3 is 17.9 Å². The van der Waals surface area contributed by atoms with Crippen molar-refractivity contribution in [3.8, 4) is 17.1 Å². The van der Waals surface area contributed by atoms with Crippen LogP contribution in [0.25, 0.3) is 11.4 Å². The summed E-state index contributed by atoms with van der Waals surface area (Å²) in [5, 5.41) is 12.5. The predicted molar refractivity (Wildman–Crippen MR) is 95.7 cm³/mol. The number of hydrogen-bond donors (Lipinski definition) is 1. The van der Waals surface area contributed by atoms with Crippen LogP contribution in [0.1, 0.15) is 20.8 Å². The van der Waals surface area contributed by atoms with E-state index in [0.29, 0.717) is 23.5 Å². The minimum absolute atomic E-state index is 0. The molecule has 140 valence electrons. The standard InChI is InChI=1S/C15H20FN5O.CH3.ClH.W/c1-15(2,3)21-19-14(18-20-21)12-4-6-13(7-5-12)22-10-11(8-16)9-17;;;/h4-8H,9-10,17H2,1-3H3;1H3;1H;/q;-1;;/b11-8+;;;. The molecule has 25 heavy (non-hydrogen) atoms. The summed E-state index contributed by atoms with van der Waals surface area (Å²) in [5.74, 6) is 1.17. The first kappa shape index (κ1) is 25.9. The van der Waals surface area contributed by atoms with E-state index in [2.05, 4.69) is 15.4 Å². The molecule has 0 bridgehead atoms. The number of benzene rings is 1. The van der Waals surface area contributed by atoms with Gasteiger partial charge in [-0.1, -0.05) is 0 Å². The van der Waals surface area contributed by atoms with Crippen molar-refractivity contribution in [2.24, 2.45) is 5.73 Å². The fraction of sp³-hybridized carbons (Fsp3) is 0.375. The third-order valence-corrected chi connectivity index (χ3v) is 2.97. The van der Waals surface area contributed by atoms with E-state index in [1.807, 2.05) is 32.9 Å². The number of hydrogen-bond acceptors (Lipinski definition) is 5. The van der Waals surface area contributed by atoms with E-state index in [1.54, 1.807) is 16.9 Å². The van der Waals surface area contributed by atoms with Crippen LogP contribution in [0.3, 0.4) is 0 Å². The summed E-state index contributed by atoms with van der Waals surface area (Å²) in [6.07, 6.45) is 0.475. The van der Waals surface area contributed by atoms with Gasteiger partial charge in [0.15, 0.2) is 0 Å². The Balaban J connectivity index is 0. The summed E-state index contributed by atoms with van der Waals surface area (Å²) < 4.78 is 17.8. The quantitative estimate of drug-likeness (QED) is 0.590. The monoisotopic (exact) mass is 540 g/mol. The zero-order chi connectivity index (χ0) is 16.2. The van der Waals surface area contributed by atoms with Crippen LogP contribution in [0.2, 0.25) is 0 Å². The molecule has 2 aromatic rings. The molecule has 0 saturated carbocycles. The summed E-state index contributed by atoms with van der Waals surface area (Å²) in [6.45, 7) is 6.27. The number of nitrogens with zero attached hydrogens (tertiary/aromatic N) is 4. The average molecular weight is 541 g/mol. The van der Waals surface area contributed by atoms with Crippen molar-refractivity contribution < 1.29 is 30.2 Å². The first-order valence-corrected chi connectivity index (χ1v) is 6.96. The first-order chi connectivity index (χ1) is 10.4. The number of halogens is 2. The molecule has 0 unspecified atom stereocenters.